The topological polar surface area (TPSA) is 51.3 Å². The standard InChI is InChI=1S/C10H15N3/c1-2-4-10(11)13-8-9-5-3-6-12-7-9/h3,5-7H,2,4,8H2,1H3,(H2,11,13). The van der Waals surface area contributed by atoms with Crippen molar-refractivity contribution in [3.05, 3.63) is 30.1 Å². The molecule has 1 heterocycles. The van der Waals surface area contributed by atoms with E-state index < -0.39 is 0 Å². The van der Waals surface area contributed by atoms with Gasteiger partial charge in [0.1, 0.15) is 0 Å². The molecule has 0 amide bonds. The Hall–Kier alpha value is -1.38. The van der Waals surface area contributed by atoms with Gasteiger partial charge < -0.3 is 5.73 Å². The molecule has 0 atom stereocenters. The first-order valence-corrected chi connectivity index (χ1v) is 4.50. The van der Waals surface area contributed by atoms with Crippen LogP contribution in [0.25, 0.3) is 0 Å². The number of aromatic nitrogens is 1. The molecule has 0 aliphatic heterocycles. The number of amidine groups is 1. The van der Waals surface area contributed by atoms with Crippen molar-refractivity contribution in [2.24, 2.45) is 10.7 Å². The molecule has 1 aromatic rings. The lowest BCUT2D eigenvalue weighted by Crippen LogP contribution is -2.11. The van der Waals surface area contributed by atoms with Crippen LogP contribution in [0.3, 0.4) is 0 Å². The second-order valence-corrected chi connectivity index (χ2v) is 2.92. The van der Waals surface area contributed by atoms with Gasteiger partial charge in [0, 0.05) is 18.8 Å². The molecule has 1 rings (SSSR count). The molecule has 3 nitrogen and oxygen atoms in total. The molecule has 0 aliphatic rings. The van der Waals surface area contributed by atoms with Crippen LogP contribution in [0, 0.1) is 0 Å². The van der Waals surface area contributed by atoms with E-state index in [1.165, 1.54) is 0 Å². The van der Waals surface area contributed by atoms with E-state index in [1.807, 2.05) is 18.3 Å². The van der Waals surface area contributed by atoms with E-state index in [0.717, 1.165) is 24.2 Å². The van der Waals surface area contributed by atoms with Crippen LogP contribution in [0.5, 0.6) is 0 Å². The molecule has 0 aromatic carbocycles. The smallest absolute Gasteiger partial charge is 0.0941 e. The van der Waals surface area contributed by atoms with Gasteiger partial charge in [0.2, 0.25) is 0 Å². The summed E-state index contributed by atoms with van der Waals surface area (Å²) in [6, 6.07) is 3.90. The Morgan fingerprint density at radius 1 is 1.62 bits per heavy atom. The number of nitrogens with zero attached hydrogens (tertiary/aromatic N) is 2. The van der Waals surface area contributed by atoms with Gasteiger partial charge in [-0.25, -0.2) is 0 Å². The normalized spacial score (nSPS) is 11.6. The molecule has 0 saturated heterocycles. The van der Waals surface area contributed by atoms with E-state index >= 15 is 0 Å². The van der Waals surface area contributed by atoms with Crippen LogP contribution in [0.1, 0.15) is 25.3 Å². The predicted molar refractivity (Wildman–Crippen MR) is 54.5 cm³/mol. The summed E-state index contributed by atoms with van der Waals surface area (Å²) in [5.74, 6) is 0.728. The van der Waals surface area contributed by atoms with Gasteiger partial charge >= 0.3 is 0 Å². The highest BCUT2D eigenvalue weighted by molar-refractivity contribution is 5.80. The van der Waals surface area contributed by atoms with Gasteiger partial charge in [-0.1, -0.05) is 13.0 Å². The van der Waals surface area contributed by atoms with Gasteiger partial charge in [-0.05, 0) is 18.1 Å². The number of nitrogens with two attached hydrogens (primary N) is 1. The lowest BCUT2D eigenvalue weighted by molar-refractivity contribution is 0.951. The fourth-order valence-electron chi connectivity index (χ4n) is 1.02. The lowest BCUT2D eigenvalue weighted by Gasteiger charge is -1.98. The van der Waals surface area contributed by atoms with Crippen LogP contribution in [0.15, 0.2) is 29.5 Å². The van der Waals surface area contributed by atoms with Gasteiger partial charge in [-0.3, -0.25) is 9.98 Å². The second kappa shape index (κ2) is 5.30. The summed E-state index contributed by atoms with van der Waals surface area (Å²) in [7, 11) is 0. The monoisotopic (exact) mass is 177 g/mol. The highest BCUT2D eigenvalue weighted by Crippen LogP contribution is 1.98. The predicted octanol–water partition coefficient (Wildman–Crippen LogP) is 1.74. The van der Waals surface area contributed by atoms with E-state index in [1.54, 1.807) is 6.20 Å². The Bertz CT molecular complexity index is 267. The van der Waals surface area contributed by atoms with Gasteiger partial charge in [-0.15, -0.1) is 0 Å². The van der Waals surface area contributed by atoms with Gasteiger partial charge in [-0.2, -0.15) is 0 Å². The number of hydrogen-bond acceptors (Lipinski definition) is 2. The zero-order chi connectivity index (χ0) is 9.52. The highest BCUT2D eigenvalue weighted by atomic mass is 14.8. The summed E-state index contributed by atoms with van der Waals surface area (Å²) in [5.41, 5.74) is 6.76. The number of hydrogen-bond donors (Lipinski definition) is 1. The quantitative estimate of drug-likeness (QED) is 0.562. The lowest BCUT2D eigenvalue weighted by atomic mass is 10.3. The highest BCUT2D eigenvalue weighted by Gasteiger charge is 1.91. The average Bonchev–Trinajstić information content (AvgIpc) is 2.17. The fraction of sp³-hybridized carbons (Fsp3) is 0.400. The summed E-state index contributed by atoms with van der Waals surface area (Å²) < 4.78 is 0. The molecule has 70 valence electrons. The van der Waals surface area contributed by atoms with E-state index in [0.29, 0.717) is 6.54 Å². The first-order valence-electron chi connectivity index (χ1n) is 4.50. The molecule has 0 bridgehead atoms. The zero-order valence-corrected chi connectivity index (χ0v) is 7.90. The van der Waals surface area contributed by atoms with Crippen LogP contribution in [-0.4, -0.2) is 10.8 Å². The van der Waals surface area contributed by atoms with E-state index in [-0.39, 0.29) is 0 Å². The van der Waals surface area contributed by atoms with Gasteiger partial charge in [0.15, 0.2) is 0 Å². The summed E-state index contributed by atoms with van der Waals surface area (Å²) in [4.78, 5) is 8.24. The third-order valence-electron chi connectivity index (χ3n) is 1.69. The molecular weight excluding hydrogens is 162 g/mol. The largest absolute Gasteiger partial charge is 0.387 e. The molecule has 0 unspecified atom stereocenters. The Labute approximate surface area is 78.7 Å². The zero-order valence-electron chi connectivity index (χ0n) is 7.90. The minimum absolute atomic E-state index is 0.639. The molecule has 0 saturated carbocycles. The number of pyridine rings is 1. The molecule has 13 heavy (non-hydrogen) atoms. The van der Waals surface area contributed by atoms with Crippen LogP contribution in [0.4, 0.5) is 0 Å². The van der Waals surface area contributed by atoms with Gasteiger partial charge in [0.25, 0.3) is 0 Å². The maximum atomic E-state index is 5.66. The molecular formula is C10H15N3. The van der Waals surface area contributed by atoms with Crippen molar-refractivity contribution in [3.63, 3.8) is 0 Å². The minimum Gasteiger partial charge on any atom is -0.387 e. The van der Waals surface area contributed by atoms with Crippen molar-refractivity contribution in [1.82, 2.24) is 4.98 Å². The summed E-state index contributed by atoms with van der Waals surface area (Å²) in [6.07, 6.45) is 5.48. The van der Waals surface area contributed by atoms with Gasteiger partial charge in [0.05, 0.1) is 12.4 Å². The van der Waals surface area contributed by atoms with Crippen LogP contribution < -0.4 is 5.73 Å². The molecule has 3 heteroatoms. The third kappa shape index (κ3) is 3.69. The Morgan fingerprint density at radius 3 is 3.08 bits per heavy atom. The minimum atomic E-state index is 0.639. The summed E-state index contributed by atoms with van der Waals surface area (Å²) in [5, 5.41) is 0. The molecule has 0 fully saturated rings. The van der Waals surface area contributed by atoms with Crippen molar-refractivity contribution in [3.8, 4) is 0 Å². The number of rotatable bonds is 4. The molecule has 2 N–H and O–H groups in total. The first kappa shape index (κ1) is 9.71. The Morgan fingerprint density at radius 2 is 2.46 bits per heavy atom. The SMILES string of the molecule is CCCC(N)=NCc1cccnc1. The maximum Gasteiger partial charge on any atom is 0.0941 e. The average molecular weight is 177 g/mol. The van der Waals surface area contributed by atoms with Crippen LogP contribution in [-0.2, 0) is 6.54 Å². The summed E-state index contributed by atoms with van der Waals surface area (Å²) in [6.45, 7) is 2.73. The van der Waals surface area contributed by atoms with Crippen molar-refractivity contribution in [1.29, 1.82) is 0 Å². The third-order valence-corrected chi connectivity index (χ3v) is 1.69. The molecule has 0 aliphatic carbocycles. The van der Waals surface area contributed by atoms with Crippen LogP contribution in [0.2, 0.25) is 0 Å². The van der Waals surface area contributed by atoms with E-state index in [4.69, 9.17) is 5.73 Å². The van der Waals surface area contributed by atoms with Crippen molar-refractivity contribution >= 4 is 5.84 Å². The molecule has 1 aromatic heterocycles. The Balaban J connectivity index is 2.47. The van der Waals surface area contributed by atoms with E-state index in [2.05, 4.69) is 16.9 Å². The Kier molecular flexibility index (Phi) is 3.96. The van der Waals surface area contributed by atoms with Crippen molar-refractivity contribution < 1.29 is 0 Å². The molecule has 0 radical (unpaired) electrons. The first-order chi connectivity index (χ1) is 6.33. The maximum absolute atomic E-state index is 5.66. The fourth-order valence-corrected chi connectivity index (χ4v) is 1.02. The number of aliphatic imine (C=N–C) groups is 1. The summed E-state index contributed by atoms with van der Waals surface area (Å²) >= 11 is 0. The second-order valence-electron chi connectivity index (χ2n) is 2.92. The van der Waals surface area contributed by atoms with Crippen molar-refractivity contribution in [2.45, 2.75) is 26.3 Å². The van der Waals surface area contributed by atoms with Crippen LogP contribution >= 0.6 is 0 Å². The van der Waals surface area contributed by atoms with Crippen molar-refractivity contribution in [2.75, 3.05) is 0 Å². The molecule has 0 spiro atoms. The van der Waals surface area contributed by atoms with E-state index in [9.17, 15) is 0 Å².